The van der Waals surface area contributed by atoms with Crippen molar-refractivity contribution < 1.29 is 14.7 Å². The van der Waals surface area contributed by atoms with Gasteiger partial charge in [0.05, 0.1) is 6.42 Å². The quantitative estimate of drug-likeness (QED) is 0.444. The lowest BCUT2D eigenvalue weighted by Gasteiger charge is -2.05. The summed E-state index contributed by atoms with van der Waals surface area (Å²) in [5.74, 6) is -1.16. The first-order chi connectivity index (χ1) is 11.6. The number of phenols is 1. The Balaban J connectivity index is 1.95. The number of nitrogens with zero attached hydrogens (tertiary/aromatic N) is 1. The summed E-state index contributed by atoms with van der Waals surface area (Å²) >= 11 is 0. The van der Waals surface area contributed by atoms with Gasteiger partial charge in [-0.3, -0.25) is 14.9 Å². The van der Waals surface area contributed by atoms with Crippen LogP contribution in [0.4, 0.5) is 5.69 Å². The topological polar surface area (TPSA) is 102 Å². The highest BCUT2D eigenvalue weighted by Gasteiger charge is 2.13. The van der Waals surface area contributed by atoms with Crippen molar-refractivity contribution in [1.29, 1.82) is 5.26 Å². The van der Waals surface area contributed by atoms with E-state index in [-0.39, 0.29) is 17.7 Å². The monoisotopic (exact) mass is 321 g/mol. The Morgan fingerprint density at radius 3 is 2.38 bits per heavy atom. The molecule has 0 saturated heterocycles. The molecule has 0 unspecified atom stereocenters. The van der Waals surface area contributed by atoms with Gasteiger partial charge in [-0.2, -0.15) is 5.26 Å². The Labute approximate surface area is 139 Å². The van der Waals surface area contributed by atoms with Crippen LogP contribution < -0.4 is 10.6 Å². The summed E-state index contributed by atoms with van der Waals surface area (Å²) in [6, 6.07) is 16.8. The van der Waals surface area contributed by atoms with Crippen molar-refractivity contribution in [3.8, 4) is 11.8 Å². The van der Waals surface area contributed by atoms with Gasteiger partial charge in [0, 0.05) is 11.9 Å². The third-order valence-electron chi connectivity index (χ3n) is 3.08. The average Bonchev–Trinajstić information content (AvgIpc) is 2.58. The largest absolute Gasteiger partial charge is 0.508 e. The van der Waals surface area contributed by atoms with E-state index in [4.69, 9.17) is 5.26 Å². The van der Waals surface area contributed by atoms with Gasteiger partial charge in [0.2, 0.25) is 5.91 Å². The molecular weight excluding hydrogens is 306 g/mol. The van der Waals surface area contributed by atoms with Crippen molar-refractivity contribution >= 4 is 17.5 Å². The Morgan fingerprint density at radius 1 is 1.08 bits per heavy atom. The fourth-order valence-electron chi connectivity index (χ4n) is 1.88. The molecule has 0 fully saturated rings. The lowest BCUT2D eigenvalue weighted by atomic mass is 10.1. The van der Waals surface area contributed by atoms with Crippen molar-refractivity contribution in [2.75, 3.05) is 5.32 Å². The number of amides is 2. The number of benzene rings is 2. The number of phenolic OH excluding ortho intramolecular Hbond substituents is 1. The number of nitriles is 1. The number of anilines is 1. The fourth-order valence-corrected chi connectivity index (χ4v) is 1.88. The van der Waals surface area contributed by atoms with Gasteiger partial charge >= 0.3 is 0 Å². The zero-order chi connectivity index (χ0) is 17.4. The molecular formula is C18H15N3O3. The second kappa shape index (κ2) is 8.15. The highest BCUT2D eigenvalue weighted by molar-refractivity contribution is 6.07. The molecule has 24 heavy (non-hydrogen) atoms. The number of imide groups is 1. The predicted molar refractivity (Wildman–Crippen MR) is 88.7 cm³/mol. The van der Waals surface area contributed by atoms with E-state index in [0.717, 1.165) is 5.56 Å². The van der Waals surface area contributed by atoms with E-state index in [9.17, 15) is 14.7 Å². The third kappa shape index (κ3) is 5.00. The van der Waals surface area contributed by atoms with Gasteiger partial charge in [0.1, 0.15) is 17.4 Å². The van der Waals surface area contributed by atoms with Gasteiger partial charge in [0.15, 0.2) is 0 Å². The van der Waals surface area contributed by atoms with Crippen LogP contribution in [0.5, 0.6) is 5.75 Å². The number of carbonyl (C=O) groups excluding carboxylic acids is 2. The number of nitrogens with one attached hydrogen (secondary N) is 2. The van der Waals surface area contributed by atoms with Crippen LogP contribution in [0.2, 0.25) is 0 Å². The van der Waals surface area contributed by atoms with Crippen LogP contribution >= 0.6 is 0 Å². The molecule has 2 rings (SSSR count). The van der Waals surface area contributed by atoms with Gasteiger partial charge in [-0.05, 0) is 29.8 Å². The maximum Gasteiger partial charge on any atom is 0.270 e. The highest BCUT2D eigenvalue weighted by atomic mass is 16.3. The molecule has 0 atom stereocenters. The van der Waals surface area contributed by atoms with Gasteiger partial charge < -0.3 is 10.4 Å². The predicted octanol–water partition coefficient (Wildman–Crippen LogP) is 2.10. The SMILES string of the molecule is N#CC(=CNc1ccc(O)cc1)C(=O)NC(=O)Cc1ccccc1. The molecule has 6 nitrogen and oxygen atoms in total. The highest BCUT2D eigenvalue weighted by Crippen LogP contribution is 2.13. The van der Waals surface area contributed by atoms with Crippen LogP contribution in [0.1, 0.15) is 5.56 Å². The number of hydrogen-bond acceptors (Lipinski definition) is 5. The standard InChI is InChI=1S/C18H15N3O3/c19-11-14(12-20-15-6-8-16(22)9-7-15)18(24)21-17(23)10-13-4-2-1-3-5-13/h1-9,12,20,22H,10H2,(H,21,23,24). The zero-order valence-corrected chi connectivity index (χ0v) is 12.7. The molecule has 0 saturated carbocycles. The van der Waals surface area contributed by atoms with Crippen LogP contribution in [-0.2, 0) is 16.0 Å². The number of aromatic hydroxyl groups is 1. The molecule has 2 aromatic carbocycles. The number of hydrogen-bond donors (Lipinski definition) is 3. The molecule has 0 aliphatic rings. The average molecular weight is 321 g/mol. The van der Waals surface area contributed by atoms with Crippen molar-refractivity contribution in [2.24, 2.45) is 0 Å². The molecule has 0 aliphatic carbocycles. The molecule has 0 aromatic heterocycles. The normalized spacial score (nSPS) is 10.5. The van der Waals surface area contributed by atoms with Crippen LogP contribution in [0, 0.1) is 11.3 Å². The van der Waals surface area contributed by atoms with Gasteiger partial charge in [0.25, 0.3) is 5.91 Å². The van der Waals surface area contributed by atoms with E-state index in [0.29, 0.717) is 5.69 Å². The van der Waals surface area contributed by atoms with Crippen LogP contribution in [0.3, 0.4) is 0 Å². The van der Waals surface area contributed by atoms with E-state index in [1.165, 1.54) is 18.3 Å². The van der Waals surface area contributed by atoms with Crippen LogP contribution in [-0.4, -0.2) is 16.9 Å². The van der Waals surface area contributed by atoms with Crippen molar-refractivity contribution in [1.82, 2.24) is 5.32 Å². The minimum atomic E-state index is -0.773. The van der Waals surface area contributed by atoms with E-state index >= 15 is 0 Å². The molecule has 0 bridgehead atoms. The summed E-state index contributed by atoms with van der Waals surface area (Å²) in [5.41, 5.74) is 1.13. The van der Waals surface area contributed by atoms with Crippen LogP contribution in [0.15, 0.2) is 66.4 Å². The zero-order valence-electron chi connectivity index (χ0n) is 12.7. The second-order valence-electron chi connectivity index (χ2n) is 4.90. The lowest BCUT2D eigenvalue weighted by molar-refractivity contribution is -0.127. The van der Waals surface area contributed by atoms with Gasteiger partial charge in [-0.1, -0.05) is 30.3 Å². The third-order valence-corrected chi connectivity index (χ3v) is 3.08. The summed E-state index contributed by atoms with van der Waals surface area (Å²) in [6.45, 7) is 0. The van der Waals surface area contributed by atoms with Crippen molar-refractivity contribution in [3.05, 3.63) is 71.9 Å². The maximum atomic E-state index is 11.9. The molecule has 3 N–H and O–H groups in total. The van der Waals surface area contributed by atoms with Gasteiger partial charge in [-0.15, -0.1) is 0 Å². The number of carbonyl (C=O) groups is 2. The first-order valence-corrected chi connectivity index (χ1v) is 7.12. The first-order valence-electron chi connectivity index (χ1n) is 7.12. The van der Waals surface area contributed by atoms with Crippen LogP contribution in [0.25, 0.3) is 0 Å². The summed E-state index contributed by atoms with van der Waals surface area (Å²) in [4.78, 5) is 23.8. The molecule has 120 valence electrons. The molecule has 6 heteroatoms. The second-order valence-corrected chi connectivity index (χ2v) is 4.90. The maximum absolute atomic E-state index is 11.9. The van der Waals surface area contributed by atoms with Gasteiger partial charge in [-0.25, -0.2) is 0 Å². The minimum absolute atomic E-state index is 0.0523. The fraction of sp³-hybridized carbons (Fsp3) is 0.0556. The molecule has 0 aliphatic heterocycles. The van der Waals surface area contributed by atoms with Crippen molar-refractivity contribution in [3.63, 3.8) is 0 Å². The summed E-state index contributed by atoms with van der Waals surface area (Å²) in [7, 11) is 0. The summed E-state index contributed by atoms with van der Waals surface area (Å²) in [6.07, 6.45) is 1.26. The van der Waals surface area contributed by atoms with E-state index in [2.05, 4.69) is 10.6 Å². The number of rotatable bonds is 5. The van der Waals surface area contributed by atoms with E-state index in [1.807, 2.05) is 6.07 Å². The first kappa shape index (κ1) is 16.8. The Bertz CT molecular complexity index is 791. The molecule has 0 radical (unpaired) electrons. The Hall–Kier alpha value is -3.59. The van der Waals surface area contributed by atoms with E-state index < -0.39 is 11.8 Å². The molecule has 2 amide bonds. The minimum Gasteiger partial charge on any atom is -0.508 e. The Kier molecular flexibility index (Phi) is 5.70. The van der Waals surface area contributed by atoms with E-state index in [1.54, 1.807) is 42.5 Å². The molecule has 0 heterocycles. The molecule has 0 spiro atoms. The Morgan fingerprint density at radius 2 is 1.75 bits per heavy atom. The van der Waals surface area contributed by atoms with Crippen molar-refractivity contribution in [2.45, 2.75) is 6.42 Å². The smallest absolute Gasteiger partial charge is 0.270 e. The summed E-state index contributed by atoms with van der Waals surface area (Å²) < 4.78 is 0. The molecule has 2 aromatic rings. The summed E-state index contributed by atoms with van der Waals surface area (Å²) in [5, 5.41) is 23.2. The lowest BCUT2D eigenvalue weighted by Crippen LogP contribution is -2.32.